The Labute approximate surface area is 218 Å². The molecule has 0 spiro atoms. The maximum absolute atomic E-state index is 15.1. The van der Waals surface area contributed by atoms with Crippen molar-refractivity contribution in [3.05, 3.63) is 53.2 Å². The van der Waals surface area contributed by atoms with Gasteiger partial charge >= 0.3 is 15.2 Å². The third-order valence-corrected chi connectivity index (χ3v) is 9.46. The SMILES string of the molecule is C[C@@H](c1ccc(F)cc1)N(O)c1nc(Cl)nc2c1ccn2[C@@H]1O[C@H](COP(=O)(O)CP(=O)(O)O)[C@@H](O)[C@@H]1F. The lowest BCUT2D eigenvalue weighted by atomic mass is 10.1. The summed E-state index contributed by atoms with van der Waals surface area (Å²) in [5.41, 5.74) is 0.561. The van der Waals surface area contributed by atoms with E-state index in [1.54, 1.807) is 6.92 Å². The van der Waals surface area contributed by atoms with Crippen molar-refractivity contribution in [1.29, 1.82) is 0 Å². The van der Waals surface area contributed by atoms with Crippen LogP contribution >= 0.6 is 26.8 Å². The maximum Gasteiger partial charge on any atom is 0.340 e. The number of hydrogen-bond acceptors (Lipinski definition) is 9. The highest BCUT2D eigenvalue weighted by Crippen LogP contribution is 2.55. The third-order valence-electron chi connectivity index (χ3n) is 5.83. The number of anilines is 1. The number of hydrogen-bond donors (Lipinski definition) is 5. The summed E-state index contributed by atoms with van der Waals surface area (Å²) in [6.07, 6.45) is -5.57. The first kappa shape index (κ1) is 29.0. The van der Waals surface area contributed by atoms with E-state index in [9.17, 15) is 28.7 Å². The van der Waals surface area contributed by atoms with Crippen LogP contribution in [0.1, 0.15) is 24.8 Å². The lowest BCUT2D eigenvalue weighted by molar-refractivity contribution is -0.0423. The molecule has 3 heterocycles. The Morgan fingerprint density at radius 3 is 2.50 bits per heavy atom. The minimum absolute atomic E-state index is 0.0149. The van der Waals surface area contributed by atoms with E-state index >= 15 is 4.39 Å². The molecule has 1 saturated heterocycles. The van der Waals surface area contributed by atoms with Crippen LogP contribution in [0.3, 0.4) is 0 Å². The van der Waals surface area contributed by atoms with Crippen molar-refractivity contribution in [3.63, 3.8) is 0 Å². The van der Waals surface area contributed by atoms with Crippen LogP contribution < -0.4 is 5.06 Å². The molecule has 0 saturated carbocycles. The van der Waals surface area contributed by atoms with Gasteiger partial charge in [-0.3, -0.25) is 14.3 Å². The van der Waals surface area contributed by atoms with Gasteiger partial charge in [0.25, 0.3) is 0 Å². The van der Waals surface area contributed by atoms with Gasteiger partial charge in [0, 0.05) is 6.20 Å². The molecule has 18 heteroatoms. The number of aliphatic hydroxyl groups excluding tert-OH is 1. The Morgan fingerprint density at radius 2 is 1.87 bits per heavy atom. The van der Waals surface area contributed by atoms with Crippen LogP contribution in [0.25, 0.3) is 11.0 Å². The number of halogens is 3. The summed E-state index contributed by atoms with van der Waals surface area (Å²) in [4.78, 5) is 35.6. The fraction of sp³-hybridized carbons (Fsp3) is 0.400. The molecule has 1 unspecified atom stereocenters. The lowest BCUT2D eigenvalue weighted by Gasteiger charge is -2.24. The zero-order valence-corrected chi connectivity index (χ0v) is 22.0. The minimum atomic E-state index is -4.89. The quantitative estimate of drug-likeness (QED) is 0.138. The summed E-state index contributed by atoms with van der Waals surface area (Å²) in [6, 6.07) is 6.13. The van der Waals surface area contributed by atoms with Crippen molar-refractivity contribution < 1.29 is 52.2 Å². The van der Waals surface area contributed by atoms with E-state index in [1.165, 1.54) is 41.1 Å². The van der Waals surface area contributed by atoms with Gasteiger partial charge in [-0.2, -0.15) is 9.97 Å². The van der Waals surface area contributed by atoms with E-state index in [4.69, 9.17) is 26.1 Å². The molecule has 208 valence electrons. The zero-order chi connectivity index (χ0) is 28.0. The van der Waals surface area contributed by atoms with Crippen LogP contribution in [-0.4, -0.2) is 70.4 Å². The van der Waals surface area contributed by atoms with Gasteiger partial charge in [0.15, 0.2) is 24.1 Å². The fourth-order valence-electron chi connectivity index (χ4n) is 3.97. The van der Waals surface area contributed by atoms with Crippen molar-refractivity contribution in [2.45, 2.75) is 37.6 Å². The lowest BCUT2D eigenvalue weighted by Crippen LogP contribution is -2.31. The van der Waals surface area contributed by atoms with Gasteiger partial charge in [0.2, 0.25) is 5.28 Å². The van der Waals surface area contributed by atoms with Crippen LogP contribution in [-0.2, 0) is 18.4 Å². The predicted octanol–water partition coefficient (Wildman–Crippen LogP) is 3.11. The minimum Gasteiger partial charge on any atom is -0.387 e. The van der Waals surface area contributed by atoms with Crippen LogP contribution in [0.4, 0.5) is 14.6 Å². The number of benzene rings is 1. The van der Waals surface area contributed by atoms with Gasteiger partial charge in [-0.15, -0.1) is 0 Å². The molecule has 0 amide bonds. The standard InChI is InChI=1S/C20H23ClF2N4O9P2/c1-10(11-2-4-12(22)5-3-11)27(29)18-13-6-7-26(17(13)24-20(21)25-18)19-15(23)16(28)14(36-19)8-35-38(33,34)9-37(30,31)32/h2-7,10,14-16,19,28-29H,8-9H2,1H3,(H,33,34)(H2,30,31,32)/t10-,14+,15-,16+,19+/m0/s1. The molecule has 1 aromatic carbocycles. The van der Waals surface area contributed by atoms with Crippen molar-refractivity contribution in [2.75, 3.05) is 17.6 Å². The summed E-state index contributed by atoms with van der Waals surface area (Å²) >= 11 is 6.07. The second-order valence-electron chi connectivity index (χ2n) is 8.59. The molecule has 2 aromatic heterocycles. The van der Waals surface area contributed by atoms with Crippen molar-refractivity contribution in [1.82, 2.24) is 14.5 Å². The number of aliphatic hydroxyl groups is 1. The van der Waals surface area contributed by atoms with Gasteiger partial charge in [0.1, 0.15) is 23.7 Å². The van der Waals surface area contributed by atoms with E-state index in [-0.39, 0.29) is 22.1 Å². The molecule has 38 heavy (non-hydrogen) atoms. The molecule has 4 rings (SSSR count). The van der Waals surface area contributed by atoms with Gasteiger partial charge in [0.05, 0.1) is 18.0 Å². The van der Waals surface area contributed by atoms with Crippen LogP contribution in [0, 0.1) is 5.82 Å². The first-order chi connectivity index (χ1) is 17.7. The topological polar surface area (TPSA) is 188 Å². The number of ether oxygens (including phenoxy) is 1. The fourth-order valence-corrected chi connectivity index (χ4v) is 6.70. The first-order valence-electron chi connectivity index (χ1n) is 10.9. The Morgan fingerprint density at radius 1 is 1.21 bits per heavy atom. The number of rotatable bonds is 9. The number of hydroxylamine groups is 1. The van der Waals surface area contributed by atoms with E-state index in [0.29, 0.717) is 5.56 Å². The molecule has 3 aromatic rings. The number of fused-ring (bicyclic) bond motifs is 1. The first-order valence-corrected chi connectivity index (χ1v) is 14.9. The maximum atomic E-state index is 15.1. The number of alkyl halides is 1. The molecule has 1 fully saturated rings. The normalized spacial score (nSPS) is 24.4. The Kier molecular flexibility index (Phi) is 8.27. The molecule has 0 radical (unpaired) electrons. The predicted molar refractivity (Wildman–Crippen MR) is 129 cm³/mol. The summed E-state index contributed by atoms with van der Waals surface area (Å²) < 4.78 is 62.6. The summed E-state index contributed by atoms with van der Waals surface area (Å²) in [7, 11) is -9.66. The van der Waals surface area contributed by atoms with Crippen LogP contribution in [0.15, 0.2) is 36.5 Å². The van der Waals surface area contributed by atoms with Crippen LogP contribution in [0.2, 0.25) is 5.28 Å². The van der Waals surface area contributed by atoms with Crippen LogP contribution in [0.5, 0.6) is 0 Å². The molecule has 0 aliphatic carbocycles. The Balaban J connectivity index is 1.59. The monoisotopic (exact) mass is 598 g/mol. The largest absolute Gasteiger partial charge is 0.387 e. The molecule has 0 bridgehead atoms. The van der Waals surface area contributed by atoms with Crippen molar-refractivity contribution in [2.24, 2.45) is 0 Å². The molecular formula is C20H23ClF2N4O9P2. The van der Waals surface area contributed by atoms with E-state index in [1.807, 2.05) is 0 Å². The number of aromatic nitrogens is 3. The summed E-state index contributed by atoms with van der Waals surface area (Å²) in [5, 5.41) is 21.9. The van der Waals surface area contributed by atoms with Gasteiger partial charge in [-0.25, -0.2) is 13.8 Å². The van der Waals surface area contributed by atoms with E-state index in [0.717, 1.165) is 5.06 Å². The Hall–Kier alpha value is -2.03. The van der Waals surface area contributed by atoms with Crippen molar-refractivity contribution in [3.8, 4) is 0 Å². The van der Waals surface area contributed by atoms with E-state index < -0.39 is 64.2 Å². The molecule has 5 N–H and O–H groups in total. The highest BCUT2D eigenvalue weighted by atomic mass is 35.5. The highest BCUT2D eigenvalue weighted by Gasteiger charge is 2.47. The molecule has 1 aliphatic heterocycles. The average molecular weight is 599 g/mol. The molecular weight excluding hydrogens is 576 g/mol. The van der Waals surface area contributed by atoms with Gasteiger partial charge in [-0.05, 0) is 42.3 Å². The Bertz CT molecular complexity index is 1410. The van der Waals surface area contributed by atoms with E-state index in [2.05, 4.69) is 14.5 Å². The van der Waals surface area contributed by atoms with Gasteiger partial charge < -0.3 is 33.6 Å². The highest BCUT2D eigenvalue weighted by molar-refractivity contribution is 7.70. The average Bonchev–Trinajstić information content (AvgIpc) is 3.36. The smallest absolute Gasteiger partial charge is 0.340 e. The molecule has 13 nitrogen and oxygen atoms in total. The summed E-state index contributed by atoms with van der Waals surface area (Å²) in [5.74, 6) is -1.97. The van der Waals surface area contributed by atoms with Crippen molar-refractivity contribution >= 4 is 43.6 Å². The zero-order valence-electron chi connectivity index (χ0n) is 19.5. The summed E-state index contributed by atoms with van der Waals surface area (Å²) in [6.45, 7) is 0.780. The molecule has 1 aliphatic rings. The van der Waals surface area contributed by atoms with Gasteiger partial charge in [-0.1, -0.05) is 12.1 Å². The number of nitrogens with zero attached hydrogens (tertiary/aromatic N) is 4. The molecule has 6 atom stereocenters. The second kappa shape index (κ2) is 10.9. The second-order valence-corrected chi connectivity index (χ2v) is 12.9. The third kappa shape index (κ3) is 6.23.